The monoisotopic (exact) mass is 398 g/mol. The van der Waals surface area contributed by atoms with E-state index >= 15 is 0 Å². The van der Waals surface area contributed by atoms with Crippen LogP contribution >= 0.6 is 7.14 Å². The number of rotatable bonds is 9. The van der Waals surface area contributed by atoms with Gasteiger partial charge in [0.1, 0.15) is 7.14 Å². The van der Waals surface area contributed by atoms with E-state index in [-0.39, 0.29) is 5.66 Å². The van der Waals surface area contributed by atoms with E-state index in [1.807, 2.05) is 67.6 Å². The number of hydrogen-bond acceptors (Lipinski definition) is 2. The van der Waals surface area contributed by atoms with Gasteiger partial charge in [-0.25, -0.2) is 0 Å². The van der Waals surface area contributed by atoms with Crippen LogP contribution in [-0.4, -0.2) is 10.8 Å². The van der Waals surface area contributed by atoms with Crippen molar-refractivity contribution in [2.75, 3.05) is 0 Å². The van der Waals surface area contributed by atoms with Gasteiger partial charge in [0.05, 0.1) is 6.10 Å². The minimum absolute atomic E-state index is 0.0499. The van der Waals surface area contributed by atoms with E-state index in [0.717, 1.165) is 29.0 Å². The Bertz CT molecular complexity index is 798. The third-order valence-corrected chi connectivity index (χ3v) is 8.77. The Morgan fingerprint density at radius 1 is 0.893 bits per heavy atom. The molecule has 0 aliphatic carbocycles. The molecule has 0 saturated carbocycles. The highest BCUT2D eigenvalue weighted by Crippen LogP contribution is 2.54. The lowest BCUT2D eigenvalue weighted by Gasteiger charge is -2.33. The van der Waals surface area contributed by atoms with Crippen molar-refractivity contribution in [1.29, 1.82) is 0 Å². The number of aliphatic hydroxyl groups excluding tert-OH is 1. The molecule has 28 heavy (non-hydrogen) atoms. The third kappa shape index (κ3) is 5.25. The van der Waals surface area contributed by atoms with Crippen molar-refractivity contribution >= 4 is 17.8 Å². The van der Waals surface area contributed by atoms with Gasteiger partial charge in [0.25, 0.3) is 0 Å². The van der Waals surface area contributed by atoms with Crippen LogP contribution < -0.4 is 10.6 Å². The molecule has 2 atom stereocenters. The Hall–Kier alpha value is -1.63. The van der Waals surface area contributed by atoms with E-state index in [9.17, 15) is 9.67 Å². The first-order valence-corrected chi connectivity index (χ1v) is 12.1. The highest BCUT2D eigenvalue weighted by Gasteiger charge is 2.39. The molecule has 0 heterocycles. The summed E-state index contributed by atoms with van der Waals surface area (Å²) in [4.78, 5) is 0. The molecule has 152 valence electrons. The van der Waals surface area contributed by atoms with Crippen LogP contribution in [0.4, 0.5) is 0 Å². The van der Waals surface area contributed by atoms with E-state index in [1.165, 1.54) is 0 Å². The molecule has 2 aromatic rings. The Morgan fingerprint density at radius 3 is 1.96 bits per heavy atom. The zero-order valence-electron chi connectivity index (χ0n) is 17.9. The molecule has 1 N–H and O–H groups in total. The van der Waals surface area contributed by atoms with Crippen LogP contribution in [0.15, 0.2) is 66.7 Å². The average Bonchev–Trinajstić information content (AvgIpc) is 2.67. The van der Waals surface area contributed by atoms with Crippen molar-refractivity contribution in [3.63, 3.8) is 0 Å². The van der Waals surface area contributed by atoms with E-state index < -0.39 is 13.2 Å². The van der Waals surface area contributed by atoms with Crippen LogP contribution in [0.1, 0.15) is 59.1 Å². The van der Waals surface area contributed by atoms with Gasteiger partial charge in [0.2, 0.25) is 0 Å². The van der Waals surface area contributed by atoms with Gasteiger partial charge in [-0.15, -0.1) is 0 Å². The fourth-order valence-electron chi connectivity index (χ4n) is 4.00. The molecule has 0 bridgehead atoms. The lowest BCUT2D eigenvalue weighted by molar-refractivity contribution is 0.229. The van der Waals surface area contributed by atoms with Gasteiger partial charge >= 0.3 is 0 Å². The SMILES string of the molecule is C/C=C\C(O)c1ccccc1P(=O)(c1ccccc1)C(CC(C)C)CC(C)C. The molecule has 0 amide bonds. The zero-order chi connectivity index (χ0) is 20.7. The molecule has 0 fully saturated rings. The summed E-state index contributed by atoms with van der Waals surface area (Å²) in [5.41, 5.74) is 0.805. The van der Waals surface area contributed by atoms with Crippen molar-refractivity contribution in [2.45, 2.75) is 59.2 Å². The highest BCUT2D eigenvalue weighted by molar-refractivity contribution is 7.79. The quantitative estimate of drug-likeness (QED) is 0.411. The Balaban J connectivity index is 2.75. The molecule has 0 aromatic heterocycles. The van der Waals surface area contributed by atoms with Crippen LogP contribution in [0.25, 0.3) is 0 Å². The van der Waals surface area contributed by atoms with E-state index in [0.29, 0.717) is 11.8 Å². The predicted octanol–water partition coefficient (Wildman–Crippen LogP) is 6.07. The van der Waals surface area contributed by atoms with Gasteiger partial charge in [0, 0.05) is 16.3 Å². The molecule has 0 saturated heterocycles. The maximum absolute atomic E-state index is 15.0. The molecule has 0 spiro atoms. The van der Waals surface area contributed by atoms with Crippen LogP contribution in [-0.2, 0) is 4.57 Å². The van der Waals surface area contributed by atoms with Gasteiger partial charge in [-0.3, -0.25) is 0 Å². The first kappa shape index (κ1) is 22.7. The number of hydrogen-bond donors (Lipinski definition) is 1. The van der Waals surface area contributed by atoms with E-state index in [4.69, 9.17) is 0 Å². The van der Waals surface area contributed by atoms with Crippen molar-refractivity contribution in [3.8, 4) is 0 Å². The lowest BCUT2D eigenvalue weighted by atomic mass is 10.0. The number of allylic oxidation sites excluding steroid dienone is 1. The summed E-state index contributed by atoms with van der Waals surface area (Å²) in [6.07, 6.45) is 4.65. The summed E-state index contributed by atoms with van der Waals surface area (Å²) in [7, 11) is -2.95. The summed E-state index contributed by atoms with van der Waals surface area (Å²) in [6.45, 7) is 10.7. The van der Waals surface area contributed by atoms with Crippen LogP contribution in [0.5, 0.6) is 0 Å². The lowest BCUT2D eigenvalue weighted by Crippen LogP contribution is -2.30. The normalized spacial score (nSPS) is 15.5. The highest BCUT2D eigenvalue weighted by atomic mass is 31.2. The molecular formula is C25H35O2P. The summed E-state index contributed by atoms with van der Waals surface area (Å²) >= 11 is 0. The van der Waals surface area contributed by atoms with Crippen molar-refractivity contribution < 1.29 is 9.67 Å². The smallest absolute Gasteiger partial charge is 0.146 e. The molecule has 3 heteroatoms. The standard InChI is InChI=1S/C25H35O2P/c1-6-12-24(26)23-15-10-11-16-25(23)28(27,21-13-8-7-9-14-21)22(17-19(2)3)18-20(4)5/h6-16,19-20,22,24,26H,17-18H2,1-5H3/b12-6-. The van der Waals surface area contributed by atoms with Gasteiger partial charge < -0.3 is 9.67 Å². The molecule has 0 aliphatic rings. The van der Waals surface area contributed by atoms with Crippen molar-refractivity contribution in [3.05, 3.63) is 72.3 Å². The van der Waals surface area contributed by atoms with Crippen molar-refractivity contribution in [2.24, 2.45) is 11.8 Å². The summed E-state index contributed by atoms with van der Waals surface area (Å²) in [5.74, 6) is 0.904. The molecule has 2 unspecified atom stereocenters. The minimum atomic E-state index is -2.95. The predicted molar refractivity (Wildman–Crippen MR) is 122 cm³/mol. The van der Waals surface area contributed by atoms with Gasteiger partial charge in [-0.1, -0.05) is 94.4 Å². The fourth-order valence-corrected chi connectivity index (χ4v) is 8.05. The summed E-state index contributed by atoms with van der Waals surface area (Å²) in [6, 6.07) is 17.6. The van der Waals surface area contributed by atoms with Crippen LogP contribution in [0.2, 0.25) is 0 Å². The van der Waals surface area contributed by atoms with E-state index in [1.54, 1.807) is 6.08 Å². The zero-order valence-corrected chi connectivity index (χ0v) is 18.8. The molecule has 0 aliphatic heterocycles. The Labute approximate surface area is 171 Å². The molecule has 2 rings (SSSR count). The summed E-state index contributed by atoms with van der Waals surface area (Å²) in [5, 5.41) is 12.4. The van der Waals surface area contributed by atoms with Gasteiger partial charge in [-0.05, 0) is 37.2 Å². The minimum Gasteiger partial charge on any atom is -0.384 e. The van der Waals surface area contributed by atoms with Gasteiger partial charge in [0.15, 0.2) is 0 Å². The fraction of sp³-hybridized carbons (Fsp3) is 0.440. The Kier molecular flexibility index (Phi) is 8.28. The second-order valence-electron chi connectivity index (χ2n) is 8.44. The Morgan fingerprint density at radius 2 is 1.43 bits per heavy atom. The second-order valence-corrected chi connectivity index (χ2v) is 11.5. The number of benzene rings is 2. The van der Waals surface area contributed by atoms with Crippen LogP contribution in [0.3, 0.4) is 0 Å². The average molecular weight is 399 g/mol. The second kappa shape index (κ2) is 10.2. The maximum Gasteiger partial charge on any atom is 0.146 e. The molecule has 2 aromatic carbocycles. The largest absolute Gasteiger partial charge is 0.384 e. The molecular weight excluding hydrogens is 363 g/mol. The summed E-state index contributed by atoms with van der Waals surface area (Å²) < 4.78 is 15.0. The number of aliphatic hydroxyl groups is 1. The molecule has 2 nitrogen and oxygen atoms in total. The third-order valence-electron chi connectivity index (χ3n) is 5.13. The molecule has 0 radical (unpaired) electrons. The van der Waals surface area contributed by atoms with Crippen LogP contribution in [0, 0.1) is 11.8 Å². The topological polar surface area (TPSA) is 37.3 Å². The van der Waals surface area contributed by atoms with Gasteiger partial charge in [-0.2, -0.15) is 0 Å². The first-order valence-electron chi connectivity index (χ1n) is 10.4. The van der Waals surface area contributed by atoms with Crippen molar-refractivity contribution in [1.82, 2.24) is 0 Å². The van der Waals surface area contributed by atoms with E-state index in [2.05, 4.69) is 27.7 Å². The first-order chi connectivity index (χ1) is 13.3. The maximum atomic E-state index is 15.0.